The monoisotopic (exact) mass is 293 g/mol. The van der Waals surface area contributed by atoms with Crippen LogP contribution in [0.1, 0.15) is 22.3 Å². The van der Waals surface area contributed by atoms with Crippen LogP contribution in [0.2, 0.25) is 0 Å². The highest BCUT2D eigenvalue weighted by Crippen LogP contribution is 2.04. The lowest BCUT2D eigenvalue weighted by atomic mass is 10.1. The average Bonchev–Trinajstić information content (AvgIpc) is 2.51. The zero-order chi connectivity index (χ0) is 15.5. The number of carbonyl (C=O) groups excluding carboxylic acids is 2. The van der Waals surface area contributed by atoms with Gasteiger partial charge >= 0.3 is 0 Å². The zero-order valence-corrected chi connectivity index (χ0v) is 12.6. The molecule has 0 saturated carbocycles. The van der Waals surface area contributed by atoms with E-state index >= 15 is 0 Å². The van der Waals surface area contributed by atoms with Gasteiger partial charge in [-0.2, -0.15) is 0 Å². The van der Waals surface area contributed by atoms with Crippen LogP contribution in [0.5, 0.6) is 0 Å². The maximum Gasteiger partial charge on any atom is 0.251 e. The number of hydrogen-bond acceptors (Lipinski definition) is 4. The van der Waals surface area contributed by atoms with Crippen LogP contribution in [0.3, 0.4) is 0 Å². The molecule has 0 bridgehead atoms. The highest BCUT2D eigenvalue weighted by Gasteiger charge is 2.03. The number of ether oxygens (including phenoxy) is 1. The van der Waals surface area contributed by atoms with Crippen LogP contribution in [0.25, 0.3) is 0 Å². The lowest BCUT2D eigenvalue weighted by Gasteiger charge is -2.07. The van der Waals surface area contributed by atoms with Crippen molar-refractivity contribution in [3.8, 4) is 0 Å². The number of carbonyl (C=O) groups is 2. The summed E-state index contributed by atoms with van der Waals surface area (Å²) >= 11 is 0. The van der Waals surface area contributed by atoms with E-state index < -0.39 is 0 Å². The van der Waals surface area contributed by atoms with Gasteiger partial charge in [0.2, 0.25) is 5.91 Å². The quantitative estimate of drug-likeness (QED) is 0.572. The molecule has 0 unspecified atom stereocenters. The SMILES string of the molecule is CNC(=O)c1ccc(CNCCC(=O)NCCOC)cc1. The molecule has 0 aromatic heterocycles. The number of nitrogens with one attached hydrogen (secondary N) is 3. The summed E-state index contributed by atoms with van der Waals surface area (Å²) in [6.45, 7) is 2.34. The summed E-state index contributed by atoms with van der Waals surface area (Å²) in [5, 5.41) is 8.53. The zero-order valence-electron chi connectivity index (χ0n) is 12.6. The van der Waals surface area contributed by atoms with Crippen LogP contribution in [0.15, 0.2) is 24.3 Å². The van der Waals surface area contributed by atoms with Gasteiger partial charge in [0.05, 0.1) is 6.61 Å². The molecule has 0 aliphatic rings. The Morgan fingerprint density at radius 3 is 2.48 bits per heavy atom. The second-order valence-corrected chi connectivity index (χ2v) is 4.55. The van der Waals surface area contributed by atoms with Crippen LogP contribution >= 0.6 is 0 Å². The summed E-state index contributed by atoms with van der Waals surface area (Å²) in [4.78, 5) is 22.8. The van der Waals surface area contributed by atoms with E-state index in [2.05, 4.69) is 16.0 Å². The van der Waals surface area contributed by atoms with Gasteiger partial charge in [-0.05, 0) is 17.7 Å². The molecule has 21 heavy (non-hydrogen) atoms. The van der Waals surface area contributed by atoms with E-state index in [1.165, 1.54) is 0 Å². The summed E-state index contributed by atoms with van der Waals surface area (Å²) in [7, 11) is 3.21. The third-order valence-electron chi connectivity index (χ3n) is 2.93. The van der Waals surface area contributed by atoms with E-state index in [9.17, 15) is 9.59 Å². The van der Waals surface area contributed by atoms with Crippen LogP contribution < -0.4 is 16.0 Å². The molecule has 3 N–H and O–H groups in total. The van der Waals surface area contributed by atoms with Gasteiger partial charge in [-0.3, -0.25) is 9.59 Å². The molecule has 6 heteroatoms. The largest absolute Gasteiger partial charge is 0.383 e. The minimum absolute atomic E-state index is 0.00881. The van der Waals surface area contributed by atoms with Gasteiger partial charge in [-0.1, -0.05) is 12.1 Å². The lowest BCUT2D eigenvalue weighted by Crippen LogP contribution is -2.29. The molecule has 0 aliphatic carbocycles. The molecular formula is C15H23N3O3. The van der Waals surface area contributed by atoms with Crippen LogP contribution in [0, 0.1) is 0 Å². The van der Waals surface area contributed by atoms with Crippen molar-refractivity contribution in [1.82, 2.24) is 16.0 Å². The Hall–Kier alpha value is -1.92. The first-order valence-corrected chi connectivity index (χ1v) is 6.94. The molecule has 1 rings (SSSR count). The van der Waals surface area contributed by atoms with Crippen molar-refractivity contribution in [2.75, 3.05) is 33.9 Å². The molecular weight excluding hydrogens is 270 g/mol. The van der Waals surface area contributed by atoms with E-state index in [0.717, 1.165) is 5.56 Å². The number of benzene rings is 1. The summed E-state index contributed by atoms with van der Waals surface area (Å²) in [6.07, 6.45) is 0.431. The normalized spacial score (nSPS) is 10.2. The molecule has 2 amide bonds. The first kappa shape index (κ1) is 17.1. The first-order chi connectivity index (χ1) is 10.2. The Kier molecular flexibility index (Phi) is 8.08. The summed E-state index contributed by atoms with van der Waals surface area (Å²) in [6, 6.07) is 7.37. The molecule has 0 radical (unpaired) electrons. The molecule has 0 saturated heterocycles. The number of amides is 2. The molecule has 0 atom stereocenters. The molecule has 0 aliphatic heterocycles. The standard InChI is InChI=1S/C15H23N3O3/c1-16-15(20)13-5-3-12(4-6-13)11-17-8-7-14(19)18-9-10-21-2/h3-6,17H,7-11H2,1-2H3,(H,16,20)(H,18,19). The number of rotatable bonds is 9. The third kappa shape index (κ3) is 6.87. The maximum absolute atomic E-state index is 11.4. The van der Waals surface area contributed by atoms with Gasteiger partial charge in [0.15, 0.2) is 0 Å². The topological polar surface area (TPSA) is 79.5 Å². The molecule has 0 heterocycles. The van der Waals surface area contributed by atoms with E-state index in [0.29, 0.717) is 38.2 Å². The van der Waals surface area contributed by atoms with E-state index in [4.69, 9.17) is 4.74 Å². The maximum atomic E-state index is 11.4. The average molecular weight is 293 g/mol. The van der Waals surface area contributed by atoms with Crippen molar-refractivity contribution >= 4 is 11.8 Å². The molecule has 1 aromatic carbocycles. The molecule has 0 fully saturated rings. The lowest BCUT2D eigenvalue weighted by molar-refractivity contribution is -0.121. The van der Waals surface area contributed by atoms with Crippen molar-refractivity contribution < 1.29 is 14.3 Å². The number of hydrogen-bond donors (Lipinski definition) is 3. The van der Waals surface area contributed by atoms with Crippen molar-refractivity contribution in [3.05, 3.63) is 35.4 Å². The predicted molar refractivity (Wildman–Crippen MR) is 81.0 cm³/mol. The Bertz CT molecular complexity index is 446. The van der Waals surface area contributed by atoms with Crippen molar-refractivity contribution in [1.29, 1.82) is 0 Å². The highest BCUT2D eigenvalue weighted by atomic mass is 16.5. The van der Waals surface area contributed by atoms with Crippen LogP contribution in [-0.4, -0.2) is 45.7 Å². The highest BCUT2D eigenvalue weighted by molar-refractivity contribution is 5.93. The van der Waals surface area contributed by atoms with Crippen molar-refractivity contribution in [3.63, 3.8) is 0 Å². The molecule has 0 spiro atoms. The van der Waals surface area contributed by atoms with E-state index in [1.54, 1.807) is 26.3 Å². The fourth-order valence-electron chi connectivity index (χ4n) is 1.73. The van der Waals surface area contributed by atoms with Crippen LogP contribution in [-0.2, 0) is 16.1 Å². The second-order valence-electron chi connectivity index (χ2n) is 4.55. The minimum Gasteiger partial charge on any atom is -0.383 e. The van der Waals surface area contributed by atoms with E-state index in [1.807, 2.05) is 12.1 Å². The van der Waals surface area contributed by atoms with Gasteiger partial charge in [-0.15, -0.1) is 0 Å². The van der Waals surface area contributed by atoms with Gasteiger partial charge in [0.1, 0.15) is 0 Å². The summed E-state index contributed by atoms with van der Waals surface area (Å²) < 4.78 is 4.85. The van der Waals surface area contributed by atoms with Crippen molar-refractivity contribution in [2.45, 2.75) is 13.0 Å². The van der Waals surface area contributed by atoms with E-state index in [-0.39, 0.29) is 11.8 Å². The molecule has 1 aromatic rings. The fraction of sp³-hybridized carbons (Fsp3) is 0.467. The smallest absolute Gasteiger partial charge is 0.251 e. The van der Waals surface area contributed by atoms with Gasteiger partial charge < -0.3 is 20.7 Å². The Morgan fingerprint density at radius 1 is 1.14 bits per heavy atom. The fourth-order valence-corrected chi connectivity index (χ4v) is 1.73. The number of methoxy groups -OCH3 is 1. The Morgan fingerprint density at radius 2 is 1.86 bits per heavy atom. The minimum atomic E-state index is -0.0951. The third-order valence-corrected chi connectivity index (χ3v) is 2.93. The van der Waals surface area contributed by atoms with Crippen LogP contribution in [0.4, 0.5) is 0 Å². The first-order valence-electron chi connectivity index (χ1n) is 6.94. The second kappa shape index (κ2) is 9.90. The van der Waals surface area contributed by atoms with Gasteiger partial charge in [0, 0.05) is 45.8 Å². The summed E-state index contributed by atoms with van der Waals surface area (Å²) in [5.74, 6) is -0.0863. The molecule has 116 valence electrons. The Labute approximate surface area is 125 Å². The van der Waals surface area contributed by atoms with Gasteiger partial charge in [-0.25, -0.2) is 0 Å². The predicted octanol–water partition coefficient (Wildman–Crippen LogP) is 0.288. The summed E-state index contributed by atoms with van der Waals surface area (Å²) in [5.41, 5.74) is 1.71. The molecule has 6 nitrogen and oxygen atoms in total. The van der Waals surface area contributed by atoms with Gasteiger partial charge in [0.25, 0.3) is 5.91 Å². The Balaban J connectivity index is 2.20. The van der Waals surface area contributed by atoms with Crippen molar-refractivity contribution in [2.24, 2.45) is 0 Å².